The third-order valence-electron chi connectivity index (χ3n) is 4.57. The normalized spacial score (nSPS) is 12.2. The summed E-state index contributed by atoms with van der Waals surface area (Å²) in [4.78, 5) is 8.45. The van der Waals surface area contributed by atoms with E-state index in [0.717, 1.165) is 34.2 Å². The molecule has 0 aliphatic carbocycles. The SMILES string of the molecule is CCCN(c1nc(-c2ccc(Cl)cc2Cl)c(C)s1)[C@@H](COC)c1ccccc1. The summed E-state index contributed by atoms with van der Waals surface area (Å²) >= 11 is 14.2. The Morgan fingerprint density at radius 1 is 1.14 bits per heavy atom. The highest BCUT2D eigenvalue weighted by atomic mass is 35.5. The van der Waals surface area contributed by atoms with Crippen molar-refractivity contribution in [2.75, 3.05) is 25.2 Å². The van der Waals surface area contributed by atoms with E-state index in [0.29, 0.717) is 16.7 Å². The fourth-order valence-corrected chi connectivity index (χ4v) is 4.76. The fraction of sp³-hybridized carbons (Fsp3) is 0.318. The molecule has 0 aliphatic rings. The molecule has 0 spiro atoms. The highest BCUT2D eigenvalue weighted by Crippen LogP contribution is 2.39. The van der Waals surface area contributed by atoms with Crippen molar-refractivity contribution >= 4 is 39.7 Å². The molecule has 0 amide bonds. The lowest BCUT2D eigenvalue weighted by molar-refractivity contribution is 0.177. The van der Waals surface area contributed by atoms with Crippen molar-refractivity contribution in [2.24, 2.45) is 0 Å². The van der Waals surface area contributed by atoms with E-state index in [-0.39, 0.29) is 6.04 Å². The predicted octanol–water partition coefficient (Wildman–Crippen LogP) is 7.03. The molecule has 0 bridgehead atoms. The third kappa shape index (κ3) is 4.69. The van der Waals surface area contributed by atoms with Gasteiger partial charge >= 0.3 is 0 Å². The summed E-state index contributed by atoms with van der Waals surface area (Å²) in [7, 11) is 1.74. The maximum atomic E-state index is 6.44. The summed E-state index contributed by atoms with van der Waals surface area (Å²) in [6.45, 7) is 5.75. The van der Waals surface area contributed by atoms with Gasteiger partial charge in [0.25, 0.3) is 0 Å². The van der Waals surface area contributed by atoms with E-state index >= 15 is 0 Å². The van der Waals surface area contributed by atoms with Gasteiger partial charge in [-0.25, -0.2) is 4.98 Å². The molecule has 6 heteroatoms. The number of halogens is 2. The largest absolute Gasteiger partial charge is 0.382 e. The number of anilines is 1. The number of hydrogen-bond acceptors (Lipinski definition) is 4. The van der Waals surface area contributed by atoms with E-state index in [4.69, 9.17) is 32.9 Å². The standard InChI is InChI=1S/C22H24Cl2N2OS/c1-4-12-26(20(14-27-3)16-8-6-5-7-9-16)22-25-21(15(2)28-22)18-11-10-17(23)13-19(18)24/h5-11,13,20H,4,12,14H2,1-3H3/t20-/m0/s1. The maximum Gasteiger partial charge on any atom is 0.186 e. The Morgan fingerprint density at radius 2 is 1.89 bits per heavy atom. The summed E-state index contributed by atoms with van der Waals surface area (Å²) in [6.07, 6.45) is 1.02. The van der Waals surface area contributed by atoms with Gasteiger partial charge in [0.05, 0.1) is 23.4 Å². The topological polar surface area (TPSA) is 25.4 Å². The Hall–Kier alpha value is -1.59. The molecule has 148 valence electrons. The molecule has 0 aliphatic heterocycles. The van der Waals surface area contributed by atoms with Gasteiger partial charge in [-0.2, -0.15) is 0 Å². The number of ether oxygens (including phenoxy) is 1. The van der Waals surface area contributed by atoms with Crippen LogP contribution in [0.5, 0.6) is 0 Å². The molecule has 0 unspecified atom stereocenters. The van der Waals surface area contributed by atoms with Gasteiger partial charge in [-0.3, -0.25) is 0 Å². The first-order valence-corrected chi connectivity index (χ1v) is 10.9. The van der Waals surface area contributed by atoms with Gasteiger partial charge in [0, 0.05) is 29.1 Å². The quantitative estimate of drug-likeness (QED) is 0.380. The Bertz CT molecular complexity index is 914. The second-order valence-electron chi connectivity index (χ2n) is 6.60. The molecular weight excluding hydrogens is 411 g/mol. The van der Waals surface area contributed by atoms with Crippen molar-refractivity contribution in [1.29, 1.82) is 0 Å². The van der Waals surface area contributed by atoms with Crippen LogP contribution in [0.1, 0.15) is 29.8 Å². The first-order chi connectivity index (χ1) is 13.5. The van der Waals surface area contributed by atoms with E-state index in [2.05, 4.69) is 43.0 Å². The molecule has 3 nitrogen and oxygen atoms in total. The zero-order valence-electron chi connectivity index (χ0n) is 16.3. The Kier molecular flexibility index (Phi) is 7.36. The van der Waals surface area contributed by atoms with Crippen LogP contribution >= 0.6 is 34.5 Å². The second-order valence-corrected chi connectivity index (χ2v) is 8.63. The molecule has 28 heavy (non-hydrogen) atoms. The van der Waals surface area contributed by atoms with Gasteiger partial charge in [0.1, 0.15) is 0 Å². The average molecular weight is 435 g/mol. The van der Waals surface area contributed by atoms with Gasteiger partial charge in [-0.05, 0) is 37.1 Å². The first-order valence-electron chi connectivity index (χ1n) is 9.28. The molecule has 0 saturated carbocycles. The first kappa shape index (κ1) is 21.1. The van der Waals surface area contributed by atoms with Crippen molar-refractivity contribution in [3.63, 3.8) is 0 Å². The van der Waals surface area contributed by atoms with Crippen LogP contribution in [-0.2, 0) is 4.74 Å². The number of rotatable bonds is 8. The zero-order chi connectivity index (χ0) is 20.1. The van der Waals surface area contributed by atoms with E-state index in [1.165, 1.54) is 5.56 Å². The third-order valence-corrected chi connectivity index (χ3v) is 6.12. The summed E-state index contributed by atoms with van der Waals surface area (Å²) < 4.78 is 5.56. The van der Waals surface area contributed by atoms with Gasteiger partial charge in [0.2, 0.25) is 0 Å². The number of hydrogen-bond donors (Lipinski definition) is 0. The van der Waals surface area contributed by atoms with Crippen molar-refractivity contribution in [3.05, 3.63) is 69.0 Å². The summed E-state index contributed by atoms with van der Waals surface area (Å²) in [6, 6.07) is 16.1. The summed E-state index contributed by atoms with van der Waals surface area (Å²) in [5.41, 5.74) is 3.04. The molecule has 0 saturated heterocycles. The van der Waals surface area contributed by atoms with E-state index in [1.54, 1.807) is 24.5 Å². The Labute approximate surface area is 180 Å². The molecule has 1 heterocycles. The highest BCUT2D eigenvalue weighted by Gasteiger charge is 2.24. The molecule has 0 fully saturated rings. The van der Waals surface area contributed by atoms with Crippen LogP contribution in [0, 0.1) is 6.92 Å². The van der Waals surface area contributed by atoms with Crippen molar-refractivity contribution in [2.45, 2.75) is 26.3 Å². The highest BCUT2D eigenvalue weighted by molar-refractivity contribution is 7.16. The van der Waals surface area contributed by atoms with Crippen LogP contribution in [-0.4, -0.2) is 25.2 Å². The van der Waals surface area contributed by atoms with Crippen LogP contribution in [0.15, 0.2) is 48.5 Å². The average Bonchev–Trinajstić information content (AvgIpc) is 3.06. The molecule has 1 atom stereocenters. The number of aryl methyl sites for hydroxylation is 1. The van der Waals surface area contributed by atoms with Crippen molar-refractivity contribution in [1.82, 2.24) is 4.98 Å². The molecule has 0 N–H and O–H groups in total. The van der Waals surface area contributed by atoms with Crippen molar-refractivity contribution < 1.29 is 4.74 Å². The van der Waals surface area contributed by atoms with Gasteiger partial charge < -0.3 is 9.64 Å². The molecule has 3 rings (SSSR count). The van der Waals surface area contributed by atoms with Crippen LogP contribution in [0.2, 0.25) is 10.0 Å². The van der Waals surface area contributed by atoms with E-state index in [9.17, 15) is 0 Å². The van der Waals surface area contributed by atoms with Crippen LogP contribution in [0.25, 0.3) is 11.3 Å². The minimum Gasteiger partial charge on any atom is -0.382 e. The lowest BCUT2D eigenvalue weighted by Crippen LogP contribution is -2.32. The zero-order valence-corrected chi connectivity index (χ0v) is 18.6. The van der Waals surface area contributed by atoms with Gasteiger partial charge in [-0.15, -0.1) is 11.3 Å². The van der Waals surface area contributed by atoms with Crippen LogP contribution < -0.4 is 4.90 Å². The van der Waals surface area contributed by atoms with Crippen LogP contribution in [0.4, 0.5) is 5.13 Å². The molecule has 3 aromatic rings. The lowest BCUT2D eigenvalue weighted by Gasteiger charge is -2.31. The monoisotopic (exact) mass is 434 g/mol. The maximum absolute atomic E-state index is 6.44. The number of benzene rings is 2. The summed E-state index contributed by atoms with van der Waals surface area (Å²) in [5, 5.41) is 2.22. The minimum atomic E-state index is 0.102. The van der Waals surface area contributed by atoms with Crippen LogP contribution in [0.3, 0.4) is 0 Å². The summed E-state index contributed by atoms with van der Waals surface area (Å²) in [5.74, 6) is 0. The van der Waals surface area contributed by atoms with Crippen molar-refractivity contribution in [3.8, 4) is 11.3 Å². The van der Waals surface area contributed by atoms with Gasteiger partial charge in [-0.1, -0.05) is 60.5 Å². The Morgan fingerprint density at radius 3 is 2.54 bits per heavy atom. The smallest absolute Gasteiger partial charge is 0.186 e. The minimum absolute atomic E-state index is 0.102. The number of thiazole rings is 1. The molecule has 0 radical (unpaired) electrons. The second kappa shape index (κ2) is 9.75. The fourth-order valence-electron chi connectivity index (χ4n) is 3.26. The molecule has 2 aromatic carbocycles. The van der Waals surface area contributed by atoms with E-state index < -0.39 is 0 Å². The van der Waals surface area contributed by atoms with Gasteiger partial charge in [0.15, 0.2) is 5.13 Å². The number of methoxy groups -OCH3 is 1. The van der Waals surface area contributed by atoms with E-state index in [1.807, 2.05) is 18.2 Å². The number of nitrogens with zero attached hydrogens (tertiary/aromatic N) is 2. The lowest BCUT2D eigenvalue weighted by atomic mass is 10.1. The molecule has 1 aromatic heterocycles. The molecular formula is C22H24Cl2N2OS. The number of aromatic nitrogens is 1. The predicted molar refractivity (Wildman–Crippen MR) is 121 cm³/mol. The Balaban J connectivity index is 2.02.